The molecule has 0 radical (unpaired) electrons. The molecule has 0 saturated carbocycles. The summed E-state index contributed by atoms with van der Waals surface area (Å²) in [5, 5.41) is 0. The molecule has 0 unspecified atom stereocenters. The summed E-state index contributed by atoms with van der Waals surface area (Å²) in [6.45, 7) is 3.16. The number of halogens is 1. The molecule has 0 saturated heterocycles. The van der Waals surface area contributed by atoms with Gasteiger partial charge in [-0.1, -0.05) is 13.8 Å². The number of hydrogen-bond acceptors (Lipinski definition) is 3. The van der Waals surface area contributed by atoms with Crippen LogP contribution in [0.25, 0.3) is 0 Å². The van der Waals surface area contributed by atoms with Crippen molar-refractivity contribution in [2.24, 2.45) is 0 Å². The van der Waals surface area contributed by atoms with Gasteiger partial charge in [0, 0.05) is 0 Å². The zero-order valence-electron chi connectivity index (χ0n) is 5.96. The minimum Gasteiger partial charge on any atom is -0.810 e. The maximum atomic E-state index is 10.5. The van der Waals surface area contributed by atoms with E-state index >= 15 is 0 Å². The quantitative estimate of drug-likeness (QED) is 0.478. The van der Waals surface area contributed by atoms with E-state index < -0.39 is 12.2 Å². The smallest absolute Gasteiger partial charge is 0.0712 e. The zero-order valence-corrected chi connectivity index (χ0v) is 7.61. The average Bonchev–Trinajstić information content (AvgIpc) is 1.84. The molecule has 62 valence electrons. The standard InChI is InChI=1S/C5H12ClO3P/c1-3-5(6,4-2)10(7,8)9/h3-4H2,1-2H3,(H2,7,8,9)/p-2. The molecule has 0 atom stereocenters. The maximum Gasteiger partial charge on any atom is 0.0712 e. The Hall–Kier alpha value is 0.440. The number of hydrogen-bond donors (Lipinski definition) is 0. The van der Waals surface area contributed by atoms with Gasteiger partial charge in [-0.05, 0) is 20.4 Å². The summed E-state index contributed by atoms with van der Waals surface area (Å²) in [4.78, 5) is 20.9. The molecule has 0 aromatic rings. The van der Waals surface area contributed by atoms with E-state index in [4.69, 9.17) is 11.6 Å². The first-order valence-electron chi connectivity index (χ1n) is 3.08. The third-order valence-electron chi connectivity index (χ3n) is 1.57. The molecule has 0 amide bonds. The second-order valence-electron chi connectivity index (χ2n) is 2.12. The lowest BCUT2D eigenvalue weighted by Crippen LogP contribution is -2.33. The van der Waals surface area contributed by atoms with E-state index in [1.165, 1.54) is 0 Å². The van der Waals surface area contributed by atoms with Crippen molar-refractivity contribution >= 4 is 19.2 Å². The molecule has 0 aliphatic rings. The van der Waals surface area contributed by atoms with Crippen molar-refractivity contribution in [3.8, 4) is 0 Å². The summed E-state index contributed by atoms with van der Waals surface area (Å²) in [5.74, 6) is 0. The van der Waals surface area contributed by atoms with Gasteiger partial charge in [-0.25, -0.2) is 0 Å². The summed E-state index contributed by atoms with van der Waals surface area (Å²) in [7, 11) is -4.62. The van der Waals surface area contributed by atoms with Crippen LogP contribution in [0, 0.1) is 0 Å². The van der Waals surface area contributed by atoms with Crippen molar-refractivity contribution in [1.29, 1.82) is 0 Å². The van der Waals surface area contributed by atoms with Gasteiger partial charge >= 0.3 is 0 Å². The molecule has 5 heteroatoms. The molecule has 0 aliphatic carbocycles. The summed E-state index contributed by atoms with van der Waals surface area (Å²) in [5.41, 5.74) is 0. The zero-order chi connectivity index (χ0) is 8.41. The third kappa shape index (κ3) is 1.96. The highest BCUT2D eigenvalue weighted by Crippen LogP contribution is 2.50. The maximum absolute atomic E-state index is 10.5. The van der Waals surface area contributed by atoms with Crippen LogP contribution in [0.5, 0.6) is 0 Å². The Morgan fingerprint density at radius 2 is 1.70 bits per heavy atom. The minimum absolute atomic E-state index is 0.162. The Balaban J connectivity index is 4.50. The van der Waals surface area contributed by atoms with Crippen LogP contribution in [0.2, 0.25) is 0 Å². The van der Waals surface area contributed by atoms with Gasteiger partial charge in [-0.15, -0.1) is 11.6 Å². The molecule has 10 heavy (non-hydrogen) atoms. The first-order chi connectivity index (χ1) is 4.37. The highest BCUT2D eigenvalue weighted by atomic mass is 35.5. The van der Waals surface area contributed by atoms with Gasteiger partial charge in [-0.3, -0.25) is 0 Å². The van der Waals surface area contributed by atoms with Gasteiger partial charge in [-0.2, -0.15) is 0 Å². The van der Waals surface area contributed by atoms with E-state index in [2.05, 4.69) is 0 Å². The molecular weight excluding hydrogens is 174 g/mol. The highest BCUT2D eigenvalue weighted by Gasteiger charge is 2.26. The lowest BCUT2D eigenvalue weighted by Gasteiger charge is -2.44. The van der Waals surface area contributed by atoms with E-state index in [9.17, 15) is 14.4 Å². The minimum atomic E-state index is -4.62. The molecule has 0 aromatic carbocycles. The molecule has 3 nitrogen and oxygen atoms in total. The average molecular weight is 185 g/mol. The van der Waals surface area contributed by atoms with E-state index in [-0.39, 0.29) is 12.8 Å². The van der Waals surface area contributed by atoms with Gasteiger partial charge in [0.2, 0.25) is 0 Å². The van der Waals surface area contributed by atoms with Crippen molar-refractivity contribution < 1.29 is 14.4 Å². The number of rotatable bonds is 3. The van der Waals surface area contributed by atoms with Gasteiger partial charge in [0.15, 0.2) is 0 Å². The lowest BCUT2D eigenvalue weighted by molar-refractivity contribution is -0.318. The van der Waals surface area contributed by atoms with Crippen LogP contribution >= 0.6 is 19.2 Å². The van der Waals surface area contributed by atoms with Gasteiger partial charge in [0.25, 0.3) is 0 Å². The van der Waals surface area contributed by atoms with E-state index in [1.807, 2.05) is 0 Å². The molecule has 0 spiro atoms. The van der Waals surface area contributed by atoms with Crippen molar-refractivity contribution in [1.82, 2.24) is 0 Å². The Morgan fingerprint density at radius 1 is 1.40 bits per heavy atom. The largest absolute Gasteiger partial charge is 0.810 e. The first kappa shape index (κ1) is 10.4. The molecular formula is C5H10ClO3P-2. The van der Waals surface area contributed by atoms with Crippen molar-refractivity contribution in [3.05, 3.63) is 0 Å². The predicted molar refractivity (Wildman–Crippen MR) is 36.8 cm³/mol. The van der Waals surface area contributed by atoms with Crippen LogP contribution in [0.1, 0.15) is 26.7 Å². The Kier molecular flexibility index (Phi) is 3.37. The molecule has 0 aliphatic heterocycles. The van der Waals surface area contributed by atoms with Crippen molar-refractivity contribution in [2.45, 2.75) is 31.3 Å². The van der Waals surface area contributed by atoms with Crippen molar-refractivity contribution in [2.75, 3.05) is 0 Å². The highest BCUT2D eigenvalue weighted by molar-refractivity contribution is 7.52. The normalized spacial score (nSPS) is 13.7. The van der Waals surface area contributed by atoms with E-state index in [1.54, 1.807) is 13.8 Å². The van der Waals surface area contributed by atoms with E-state index in [0.29, 0.717) is 0 Å². The Bertz CT molecular complexity index is 149. The second-order valence-corrected chi connectivity index (χ2v) is 4.96. The third-order valence-corrected chi connectivity index (χ3v) is 4.34. The molecule has 0 aromatic heterocycles. The molecule has 0 rings (SSSR count). The molecule has 0 fully saturated rings. The fraction of sp³-hybridized carbons (Fsp3) is 1.00. The monoisotopic (exact) mass is 184 g/mol. The Morgan fingerprint density at radius 3 is 1.70 bits per heavy atom. The Labute approximate surface area is 65.6 Å². The van der Waals surface area contributed by atoms with E-state index in [0.717, 1.165) is 0 Å². The summed E-state index contributed by atoms with van der Waals surface area (Å²) >= 11 is 5.50. The number of alkyl halides is 1. The second kappa shape index (κ2) is 3.22. The molecule has 0 heterocycles. The van der Waals surface area contributed by atoms with Gasteiger partial charge < -0.3 is 14.4 Å². The topological polar surface area (TPSA) is 63.2 Å². The summed E-state index contributed by atoms with van der Waals surface area (Å²) < 4.78 is 8.89. The van der Waals surface area contributed by atoms with Crippen LogP contribution < -0.4 is 9.79 Å². The van der Waals surface area contributed by atoms with Gasteiger partial charge in [0.1, 0.15) is 0 Å². The lowest BCUT2D eigenvalue weighted by atomic mass is 10.2. The summed E-state index contributed by atoms with van der Waals surface area (Å²) in [6.07, 6.45) is 0.324. The van der Waals surface area contributed by atoms with Crippen LogP contribution in [0.4, 0.5) is 0 Å². The van der Waals surface area contributed by atoms with Crippen LogP contribution in [0.3, 0.4) is 0 Å². The van der Waals surface area contributed by atoms with Crippen molar-refractivity contribution in [3.63, 3.8) is 0 Å². The molecule has 0 bridgehead atoms. The molecule has 0 N–H and O–H groups in total. The van der Waals surface area contributed by atoms with Gasteiger partial charge in [0.05, 0.1) is 4.62 Å². The first-order valence-corrected chi connectivity index (χ1v) is 5.00. The van der Waals surface area contributed by atoms with Crippen LogP contribution in [-0.2, 0) is 4.57 Å². The predicted octanol–water partition coefficient (Wildman–Crippen LogP) is 0.655. The van der Waals surface area contributed by atoms with Crippen LogP contribution in [0.15, 0.2) is 0 Å². The fourth-order valence-corrected chi connectivity index (χ4v) is 1.41. The SMILES string of the molecule is CCC(Cl)(CC)P(=O)([O-])[O-]. The van der Waals surface area contributed by atoms with Crippen LogP contribution in [-0.4, -0.2) is 4.62 Å². The fourth-order valence-electron chi connectivity index (χ4n) is 0.637. The summed E-state index contributed by atoms with van der Waals surface area (Å²) in [6, 6.07) is 0.